The standard InChI is InChI=1S/C44H62N4/c1-13-32-23-34(45-28(7)22-27(5)6)24-37-38(26-43(11,15-3)47-41(32)37)30(9)40-35(14-2)42-36(29(8)31(10)44(12,16-4)48-42)25-39(40)46-33-20-18-17-19-21-33/h17-21,23-28,30,45-48H,13-16,22H2,1-12H3. The third kappa shape index (κ3) is 6.78. The summed E-state index contributed by atoms with van der Waals surface area (Å²) in [5, 5.41) is 15.9. The summed E-state index contributed by atoms with van der Waals surface area (Å²) < 4.78 is 0. The molecule has 2 aliphatic heterocycles. The first-order valence-electron chi connectivity index (χ1n) is 18.7. The van der Waals surface area contributed by atoms with E-state index in [0.717, 1.165) is 37.8 Å². The molecule has 48 heavy (non-hydrogen) atoms. The van der Waals surface area contributed by atoms with Gasteiger partial charge in [0.15, 0.2) is 0 Å². The van der Waals surface area contributed by atoms with Crippen LogP contribution in [0.1, 0.15) is 136 Å². The molecule has 0 saturated carbocycles. The molecule has 5 rings (SSSR count). The van der Waals surface area contributed by atoms with Crippen LogP contribution in [0.3, 0.4) is 0 Å². The van der Waals surface area contributed by atoms with Gasteiger partial charge in [-0.15, -0.1) is 0 Å². The van der Waals surface area contributed by atoms with E-state index < -0.39 is 0 Å². The minimum atomic E-state index is -0.135. The van der Waals surface area contributed by atoms with Gasteiger partial charge in [0.2, 0.25) is 0 Å². The Morgan fingerprint density at radius 3 is 2.08 bits per heavy atom. The van der Waals surface area contributed by atoms with Crippen molar-refractivity contribution in [1.29, 1.82) is 0 Å². The number of benzene rings is 3. The molecule has 0 aromatic heterocycles. The van der Waals surface area contributed by atoms with Gasteiger partial charge in [-0.25, -0.2) is 0 Å². The Balaban J connectivity index is 1.76. The summed E-state index contributed by atoms with van der Waals surface area (Å²) in [6.45, 7) is 28.0. The second kappa shape index (κ2) is 14.1. The van der Waals surface area contributed by atoms with Crippen molar-refractivity contribution < 1.29 is 0 Å². The lowest BCUT2D eigenvalue weighted by Gasteiger charge is -2.42. The van der Waals surface area contributed by atoms with Crippen LogP contribution in [-0.2, 0) is 12.8 Å². The minimum absolute atomic E-state index is 0.0689. The third-order valence-electron chi connectivity index (χ3n) is 11.5. The smallest absolute Gasteiger partial charge is 0.0558 e. The average Bonchev–Trinajstić information content (AvgIpc) is 3.06. The maximum absolute atomic E-state index is 4.10. The molecule has 3 aromatic rings. The van der Waals surface area contributed by atoms with E-state index in [0.29, 0.717) is 12.0 Å². The Labute approximate surface area is 292 Å². The van der Waals surface area contributed by atoms with Crippen LogP contribution in [-0.4, -0.2) is 17.1 Å². The van der Waals surface area contributed by atoms with Crippen molar-refractivity contribution in [3.8, 4) is 0 Å². The number of hydrogen-bond acceptors (Lipinski definition) is 4. The highest BCUT2D eigenvalue weighted by atomic mass is 15.0. The SMILES string of the molecule is CCc1cc(NC(C)CC(C)C)cc2c1NC(C)(CC)C=C2C(C)c1c(Nc2ccccc2)cc2c(c1CC)NC(C)(CC)C(C)=C2C. The lowest BCUT2D eigenvalue weighted by Crippen LogP contribution is -2.39. The maximum Gasteiger partial charge on any atom is 0.0558 e. The van der Waals surface area contributed by atoms with Crippen molar-refractivity contribution in [2.24, 2.45) is 5.92 Å². The zero-order valence-electron chi connectivity index (χ0n) is 32.0. The first kappa shape index (κ1) is 35.6. The Bertz CT molecular complexity index is 1700. The number of para-hydroxylation sites is 1. The molecule has 0 aliphatic carbocycles. The number of allylic oxidation sites excluding steroid dienone is 2. The van der Waals surface area contributed by atoms with Gasteiger partial charge in [-0.2, -0.15) is 0 Å². The summed E-state index contributed by atoms with van der Waals surface area (Å²) in [6, 6.07) is 18.3. The molecule has 258 valence electrons. The molecular formula is C44H62N4. The van der Waals surface area contributed by atoms with Crippen LogP contribution < -0.4 is 21.3 Å². The van der Waals surface area contributed by atoms with E-state index in [-0.39, 0.29) is 17.0 Å². The third-order valence-corrected chi connectivity index (χ3v) is 11.5. The zero-order valence-corrected chi connectivity index (χ0v) is 32.0. The highest BCUT2D eigenvalue weighted by Crippen LogP contribution is 2.51. The quantitative estimate of drug-likeness (QED) is 0.158. The second-order valence-electron chi connectivity index (χ2n) is 15.4. The molecule has 4 unspecified atom stereocenters. The van der Waals surface area contributed by atoms with E-state index in [9.17, 15) is 0 Å². The van der Waals surface area contributed by atoms with Gasteiger partial charge < -0.3 is 21.3 Å². The molecule has 0 radical (unpaired) electrons. The summed E-state index contributed by atoms with van der Waals surface area (Å²) in [7, 11) is 0. The first-order chi connectivity index (χ1) is 22.8. The Kier molecular flexibility index (Phi) is 10.4. The Morgan fingerprint density at radius 2 is 1.48 bits per heavy atom. The van der Waals surface area contributed by atoms with Crippen molar-refractivity contribution in [3.63, 3.8) is 0 Å². The van der Waals surface area contributed by atoms with Gasteiger partial charge in [-0.1, -0.05) is 72.7 Å². The monoisotopic (exact) mass is 646 g/mol. The molecule has 2 heterocycles. The summed E-state index contributed by atoms with van der Waals surface area (Å²) in [6.07, 6.45) is 7.67. The Hall–Kier alpha value is -3.66. The van der Waals surface area contributed by atoms with Crippen LogP contribution in [0.15, 0.2) is 60.2 Å². The fourth-order valence-corrected chi connectivity index (χ4v) is 8.11. The topological polar surface area (TPSA) is 48.1 Å². The first-order valence-corrected chi connectivity index (χ1v) is 18.7. The van der Waals surface area contributed by atoms with Crippen molar-refractivity contribution in [3.05, 3.63) is 88.0 Å². The zero-order chi connectivity index (χ0) is 35.0. The number of fused-ring (bicyclic) bond motifs is 2. The van der Waals surface area contributed by atoms with Crippen molar-refractivity contribution in [1.82, 2.24) is 0 Å². The summed E-state index contributed by atoms with van der Waals surface area (Å²) in [4.78, 5) is 0. The van der Waals surface area contributed by atoms with Crippen LogP contribution in [0.2, 0.25) is 0 Å². The summed E-state index contributed by atoms with van der Waals surface area (Å²) in [5.41, 5.74) is 17.0. The number of hydrogen-bond donors (Lipinski definition) is 4. The average molecular weight is 647 g/mol. The molecule has 2 aliphatic rings. The summed E-state index contributed by atoms with van der Waals surface area (Å²) in [5.74, 6) is 0.800. The predicted molar refractivity (Wildman–Crippen MR) is 213 cm³/mol. The molecule has 4 N–H and O–H groups in total. The van der Waals surface area contributed by atoms with Gasteiger partial charge >= 0.3 is 0 Å². The summed E-state index contributed by atoms with van der Waals surface area (Å²) >= 11 is 0. The largest absolute Gasteiger partial charge is 0.383 e. The fourth-order valence-electron chi connectivity index (χ4n) is 8.11. The molecule has 4 nitrogen and oxygen atoms in total. The molecule has 0 fully saturated rings. The molecule has 0 amide bonds. The second-order valence-corrected chi connectivity index (χ2v) is 15.4. The van der Waals surface area contributed by atoms with E-state index in [2.05, 4.69) is 159 Å². The van der Waals surface area contributed by atoms with Gasteiger partial charge in [0.05, 0.1) is 11.1 Å². The van der Waals surface area contributed by atoms with Crippen LogP contribution in [0, 0.1) is 5.92 Å². The van der Waals surface area contributed by atoms with Crippen LogP contribution in [0.25, 0.3) is 11.1 Å². The molecule has 3 aromatic carbocycles. The predicted octanol–water partition coefficient (Wildman–Crippen LogP) is 12.6. The lowest BCUT2D eigenvalue weighted by atomic mass is 9.74. The van der Waals surface area contributed by atoms with E-state index in [1.54, 1.807) is 0 Å². The highest BCUT2D eigenvalue weighted by molar-refractivity contribution is 5.93. The van der Waals surface area contributed by atoms with Crippen LogP contribution in [0.5, 0.6) is 0 Å². The lowest BCUT2D eigenvalue weighted by molar-refractivity contribution is 0.540. The molecule has 0 saturated heterocycles. The van der Waals surface area contributed by atoms with Crippen LogP contribution >= 0.6 is 0 Å². The van der Waals surface area contributed by atoms with E-state index in [1.807, 2.05) is 0 Å². The molecule has 0 spiro atoms. The molecule has 4 atom stereocenters. The van der Waals surface area contributed by atoms with Crippen molar-refractivity contribution >= 4 is 39.6 Å². The maximum atomic E-state index is 4.10. The molecule has 0 bridgehead atoms. The number of anilines is 5. The number of nitrogens with one attached hydrogen (secondary N) is 4. The van der Waals surface area contributed by atoms with Gasteiger partial charge in [0.1, 0.15) is 0 Å². The highest BCUT2D eigenvalue weighted by Gasteiger charge is 2.37. The van der Waals surface area contributed by atoms with Crippen molar-refractivity contribution in [2.75, 3.05) is 21.3 Å². The van der Waals surface area contributed by atoms with Gasteiger partial charge in [0.25, 0.3) is 0 Å². The molecule has 4 heteroatoms. The number of rotatable bonds is 12. The fraction of sp³-hybridized carbons (Fsp3) is 0.500. The van der Waals surface area contributed by atoms with Crippen molar-refractivity contribution in [2.45, 2.75) is 138 Å². The van der Waals surface area contributed by atoms with Gasteiger partial charge in [0, 0.05) is 51.5 Å². The normalized spacial score (nSPS) is 21.5. The van der Waals surface area contributed by atoms with Gasteiger partial charge in [-0.3, -0.25) is 0 Å². The van der Waals surface area contributed by atoms with E-state index >= 15 is 0 Å². The van der Waals surface area contributed by atoms with Gasteiger partial charge in [-0.05, 0) is 136 Å². The van der Waals surface area contributed by atoms with E-state index in [1.165, 1.54) is 67.3 Å². The molecular weight excluding hydrogens is 585 g/mol. The van der Waals surface area contributed by atoms with E-state index in [4.69, 9.17) is 0 Å². The Morgan fingerprint density at radius 1 is 0.771 bits per heavy atom. The minimum Gasteiger partial charge on any atom is -0.383 e. The number of aryl methyl sites for hydroxylation is 1. The van der Waals surface area contributed by atoms with Crippen LogP contribution in [0.4, 0.5) is 28.4 Å².